The van der Waals surface area contributed by atoms with Crippen LogP contribution >= 0.6 is 0 Å². The SMILES string of the molecule is Nc1ccc(CC(=O)N2CCC(O)(C(F)(F)F)C2)cc1. The summed E-state index contributed by atoms with van der Waals surface area (Å²) in [4.78, 5) is 13.0. The molecule has 0 aromatic heterocycles. The number of nitrogens with two attached hydrogens (primary N) is 1. The number of carbonyl (C=O) groups excluding carboxylic acids is 1. The van der Waals surface area contributed by atoms with Crippen molar-refractivity contribution in [1.82, 2.24) is 4.90 Å². The molecular formula is C13H15F3N2O2. The molecule has 3 N–H and O–H groups in total. The average Bonchev–Trinajstić information content (AvgIpc) is 2.76. The predicted octanol–water partition coefficient (Wildman–Crippen LogP) is 1.34. The van der Waals surface area contributed by atoms with Gasteiger partial charge in [-0.3, -0.25) is 4.79 Å². The number of nitrogen functional groups attached to an aromatic ring is 1. The molecule has 1 atom stereocenters. The predicted molar refractivity (Wildman–Crippen MR) is 66.8 cm³/mol. The van der Waals surface area contributed by atoms with E-state index in [1.54, 1.807) is 24.3 Å². The van der Waals surface area contributed by atoms with E-state index in [0.29, 0.717) is 11.3 Å². The van der Waals surface area contributed by atoms with Crippen LogP contribution in [0.4, 0.5) is 18.9 Å². The van der Waals surface area contributed by atoms with E-state index in [2.05, 4.69) is 0 Å². The monoisotopic (exact) mass is 288 g/mol. The topological polar surface area (TPSA) is 66.6 Å². The summed E-state index contributed by atoms with van der Waals surface area (Å²) >= 11 is 0. The van der Waals surface area contributed by atoms with Crippen molar-refractivity contribution in [3.05, 3.63) is 29.8 Å². The number of carbonyl (C=O) groups is 1. The molecule has 0 spiro atoms. The highest BCUT2D eigenvalue weighted by Gasteiger charge is 2.57. The molecule has 110 valence electrons. The van der Waals surface area contributed by atoms with E-state index in [1.807, 2.05) is 0 Å². The minimum Gasteiger partial charge on any atom is -0.399 e. The summed E-state index contributed by atoms with van der Waals surface area (Å²) in [6.45, 7) is -0.797. The van der Waals surface area contributed by atoms with E-state index in [-0.39, 0.29) is 13.0 Å². The summed E-state index contributed by atoms with van der Waals surface area (Å²) in [5.41, 5.74) is 3.94. The van der Waals surface area contributed by atoms with Crippen LogP contribution in [-0.2, 0) is 11.2 Å². The van der Waals surface area contributed by atoms with Crippen LogP contribution in [0.1, 0.15) is 12.0 Å². The van der Waals surface area contributed by atoms with E-state index in [1.165, 1.54) is 0 Å². The van der Waals surface area contributed by atoms with Crippen LogP contribution in [0.2, 0.25) is 0 Å². The number of hydrogen-bond acceptors (Lipinski definition) is 3. The zero-order chi connectivity index (χ0) is 15.0. The number of alkyl halides is 3. The highest BCUT2D eigenvalue weighted by Crippen LogP contribution is 2.37. The molecule has 1 fully saturated rings. The van der Waals surface area contributed by atoms with Gasteiger partial charge in [0, 0.05) is 18.7 Å². The molecule has 1 heterocycles. The lowest BCUT2D eigenvalue weighted by atomic mass is 10.0. The molecule has 4 nitrogen and oxygen atoms in total. The summed E-state index contributed by atoms with van der Waals surface area (Å²) in [6, 6.07) is 6.55. The van der Waals surface area contributed by atoms with Gasteiger partial charge in [0.2, 0.25) is 5.91 Å². The molecule has 1 aliphatic heterocycles. The fraction of sp³-hybridized carbons (Fsp3) is 0.462. The van der Waals surface area contributed by atoms with Crippen LogP contribution < -0.4 is 5.73 Å². The lowest BCUT2D eigenvalue weighted by molar-refractivity contribution is -0.253. The Morgan fingerprint density at radius 3 is 2.45 bits per heavy atom. The van der Waals surface area contributed by atoms with Gasteiger partial charge in [0.1, 0.15) is 0 Å². The van der Waals surface area contributed by atoms with Crippen molar-refractivity contribution in [2.24, 2.45) is 0 Å². The van der Waals surface area contributed by atoms with Crippen LogP contribution in [0, 0.1) is 0 Å². The second kappa shape index (κ2) is 4.97. The van der Waals surface area contributed by atoms with E-state index in [0.717, 1.165) is 4.90 Å². The van der Waals surface area contributed by atoms with E-state index in [9.17, 15) is 23.1 Å². The molecule has 0 saturated carbocycles. The molecule has 0 aliphatic carbocycles. The van der Waals surface area contributed by atoms with Gasteiger partial charge in [-0.1, -0.05) is 12.1 Å². The average molecular weight is 288 g/mol. The van der Waals surface area contributed by atoms with Crippen LogP contribution in [0.3, 0.4) is 0 Å². The molecular weight excluding hydrogens is 273 g/mol. The summed E-state index contributed by atoms with van der Waals surface area (Å²) in [5, 5.41) is 9.51. The Balaban J connectivity index is 2.00. The maximum Gasteiger partial charge on any atom is 0.419 e. The first-order valence-electron chi connectivity index (χ1n) is 6.12. The summed E-state index contributed by atoms with van der Waals surface area (Å²) < 4.78 is 38.0. The molecule has 0 radical (unpaired) electrons. The molecule has 20 heavy (non-hydrogen) atoms. The van der Waals surface area contributed by atoms with Crippen molar-refractivity contribution in [2.45, 2.75) is 24.6 Å². The number of aliphatic hydroxyl groups is 1. The van der Waals surface area contributed by atoms with Crippen molar-refractivity contribution in [1.29, 1.82) is 0 Å². The second-order valence-corrected chi connectivity index (χ2v) is 5.01. The second-order valence-electron chi connectivity index (χ2n) is 5.01. The van der Waals surface area contributed by atoms with Gasteiger partial charge in [-0.15, -0.1) is 0 Å². The zero-order valence-electron chi connectivity index (χ0n) is 10.7. The standard InChI is InChI=1S/C13H15F3N2O2/c14-13(15,16)12(20)5-6-18(8-12)11(19)7-9-1-3-10(17)4-2-9/h1-4,20H,5-8,17H2. The molecule has 7 heteroatoms. The number of β-amino-alcohol motifs (C(OH)–C–C–N with tert-alkyl or cyclic N) is 1. The number of likely N-dealkylation sites (tertiary alicyclic amines) is 1. The number of anilines is 1. The lowest BCUT2D eigenvalue weighted by Crippen LogP contribution is -2.48. The van der Waals surface area contributed by atoms with Crippen molar-refractivity contribution >= 4 is 11.6 Å². The number of amides is 1. The van der Waals surface area contributed by atoms with Crippen LogP contribution in [0.5, 0.6) is 0 Å². The maximum absolute atomic E-state index is 12.7. The van der Waals surface area contributed by atoms with Gasteiger partial charge in [-0.05, 0) is 17.7 Å². The number of nitrogens with zero attached hydrogens (tertiary/aromatic N) is 1. The number of rotatable bonds is 2. The van der Waals surface area contributed by atoms with Gasteiger partial charge in [0.15, 0.2) is 5.60 Å². The highest BCUT2D eigenvalue weighted by atomic mass is 19.4. The number of halogens is 3. The van der Waals surface area contributed by atoms with Gasteiger partial charge in [-0.25, -0.2) is 0 Å². The Bertz CT molecular complexity index is 501. The summed E-state index contributed by atoms with van der Waals surface area (Å²) in [5.74, 6) is -0.435. The third kappa shape index (κ3) is 2.87. The van der Waals surface area contributed by atoms with Gasteiger partial charge >= 0.3 is 6.18 Å². The van der Waals surface area contributed by atoms with E-state index < -0.39 is 30.7 Å². The van der Waals surface area contributed by atoms with Crippen molar-refractivity contribution in [2.75, 3.05) is 18.8 Å². The number of benzene rings is 1. The Morgan fingerprint density at radius 2 is 1.95 bits per heavy atom. The van der Waals surface area contributed by atoms with Gasteiger partial charge in [-0.2, -0.15) is 13.2 Å². The Hall–Kier alpha value is -1.76. The largest absolute Gasteiger partial charge is 0.419 e. The Morgan fingerprint density at radius 1 is 1.35 bits per heavy atom. The molecule has 1 amide bonds. The fourth-order valence-corrected chi connectivity index (χ4v) is 2.16. The van der Waals surface area contributed by atoms with Crippen molar-refractivity contribution in [3.8, 4) is 0 Å². The first-order chi connectivity index (χ1) is 9.21. The third-order valence-corrected chi connectivity index (χ3v) is 3.46. The van der Waals surface area contributed by atoms with Gasteiger partial charge in [0.25, 0.3) is 0 Å². The van der Waals surface area contributed by atoms with E-state index >= 15 is 0 Å². The fourth-order valence-electron chi connectivity index (χ4n) is 2.16. The van der Waals surface area contributed by atoms with Crippen molar-refractivity contribution < 1.29 is 23.1 Å². The maximum atomic E-state index is 12.7. The molecule has 1 saturated heterocycles. The Labute approximate surface area is 114 Å². The molecule has 1 aliphatic rings. The zero-order valence-corrected chi connectivity index (χ0v) is 10.7. The van der Waals surface area contributed by atoms with Gasteiger partial charge < -0.3 is 15.7 Å². The molecule has 2 rings (SSSR count). The third-order valence-electron chi connectivity index (χ3n) is 3.46. The molecule has 0 bridgehead atoms. The van der Waals surface area contributed by atoms with Crippen molar-refractivity contribution in [3.63, 3.8) is 0 Å². The lowest BCUT2D eigenvalue weighted by Gasteiger charge is -2.25. The van der Waals surface area contributed by atoms with Gasteiger partial charge in [0.05, 0.1) is 13.0 Å². The minimum absolute atomic E-state index is 0.00574. The van der Waals surface area contributed by atoms with E-state index in [4.69, 9.17) is 5.73 Å². The Kier molecular flexibility index (Phi) is 3.64. The first-order valence-corrected chi connectivity index (χ1v) is 6.12. The summed E-state index contributed by atoms with van der Waals surface area (Å²) in [6.07, 6.45) is -5.21. The molecule has 1 aromatic rings. The molecule has 1 unspecified atom stereocenters. The summed E-state index contributed by atoms with van der Waals surface area (Å²) in [7, 11) is 0. The first kappa shape index (κ1) is 14.6. The smallest absolute Gasteiger partial charge is 0.399 e. The molecule has 1 aromatic carbocycles. The quantitative estimate of drug-likeness (QED) is 0.807. The normalized spacial score (nSPS) is 23.1. The number of hydrogen-bond donors (Lipinski definition) is 2. The van der Waals surface area contributed by atoms with Crippen LogP contribution in [0.25, 0.3) is 0 Å². The van der Waals surface area contributed by atoms with Crippen LogP contribution in [-0.4, -0.2) is 40.8 Å². The minimum atomic E-state index is -4.72. The van der Waals surface area contributed by atoms with Crippen LogP contribution in [0.15, 0.2) is 24.3 Å². The highest BCUT2D eigenvalue weighted by molar-refractivity contribution is 5.79.